The van der Waals surface area contributed by atoms with Crippen molar-refractivity contribution in [2.24, 2.45) is 0 Å². The molecule has 0 atom stereocenters. The van der Waals surface area contributed by atoms with Gasteiger partial charge in [-0.25, -0.2) is 9.37 Å². The Morgan fingerprint density at radius 2 is 2.15 bits per heavy atom. The Morgan fingerprint density at radius 3 is 2.94 bits per heavy atom. The maximum atomic E-state index is 12.5. The number of ether oxygens (including phenoxy) is 2. The molecule has 0 unspecified atom stereocenters. The Labute approximate surface area is 192 Å². The van der Waals surface area contributed by atoms with Crippen molar-refractivity contribution in [3.63, 3.8) is 0 Å². The van der Waals surface area contributed by atoms with Crippen LogP contribution in [0.2, 0.25) is 0 Å². The smallest absolute Gasteiger partial charge is 0.327 e. The second-order valence-electron chi connectivity index (χ2n) is 8.09. The van der Waals surface area contributed by atoms with E-state index < -0.39 is 12.6 Å². The first-order valence-corrected chi connectivity index (χ1v) is 11.6. The Hall–Kier alpha value is -3.28. The fraction of sp³-hybridized carbons (Fsp3) is 0.476. The molecule has 10 nitrogen and oxygen atoms in total. The van der Waals surface area contributed by atoms with Crippen LogP contribution < -0.4 is 14.4 Å². The van der Waals surface area contributed by atoms with Crippen molar-refractivity contribution in [1.82, 2.24) is 25.2 Å². The van der Waals surface area contributed by atoms with Crippen LogP contribution in [0.4, 0.5) is 9.52 Å². The number of rotatable bonds is 7. The summed E-state index contributed by atoms with van der Waals surface area (Å²) in [6.45, 7) is 0.815. The number of alkyl halides is 1. The molecule has 1 saturated heterocycles. The van der Waals surface area contributed by atoms with Gasteiger partial charge in [0, 0.05) is 31.5 Å². The van der Waals surface area contributed by atoms with Crippen LogP contribution >= 0.6 is 11.3 Å². The molecule has 33 heavy (non-hydrogen) atoms. The summed E-state index contributed by atoms with van der Waals surface area (Å²) >= 11 is 1.46. The van der Waals surface area contributed by atoms with E-state index in [0.717, 1.165) is 64.9 Å². The Morgan fingerprint density at radius 1 is 1.30 bits per heavy atom. The molecule has 12 heteroatoms. The third-order valence-corrected chi connectivity index (χ3v) is 7.02. The van der Waals surface area contributed by atoms with Crippen LogP contribution in [0.25, 0.3) is 10.7 Å². The van der Waals surface area contributed by atoms with E-state index in [4.69, 9.17) is 14.6 Å². The van der Waals surface area contributed by atoms with Gasteiger partial charge < -0.3 is 19.5 Å². The van der Waals surface area contributed by atoms with E-state index in [1.165, 1.54) is 11.3 Å². The zero-order valence-corrected chi connectivity index (χ0v) is 18.6. The van der Waals surface area contributed by atoms with Gasteiger partial charge in [-0.1, -0.05) is 17.4 Å². The van der Waals surface area contributed by atoms with Gasteiger partial charge >= 0.3 is 5.97 Å². The number of nitrogens with zero attached hydrogens (tertiary/aromatic N) is 6. The van der Waals surface area contributed by atoms with Crippen LogP contribution in [-0.4, -0.2) is 68.2 Å². The minimum atomic E-state index is -1.03. The van der Waals surface area contributed by atoms with Gasteiger partial charge in [-0.15, -0.1) is 10.2 Å². The summed E-state index contributed by atoms with van der Waals surface area (Å²) in [5.41, 5.74) is 0.802. The van der Waals surface area contributed by atoms with E-state index in [-0.39, 0.29) is 18.8 Å². The maximum Gasteiger partial charge on any atom is 0.327 e. The standard InChI is InChI=1S/C21H23FN6O4S/c22-8-11-31-15-2-1-3-16-14(15)4-5-21(32-16)6-9-27(10-7-21)20-23-12-17(33-20)19-24-26-28(25-19)13-18(29)30/h1-3,12H,4-11,13H2,(H,29,30). The van der Waals surface area contributed by atoms with E-state index in [2.05, 4.69) is 25.3 Å². The molecule has 5 rings (SSSR count). The number of carboxylic acid groups (broad SMARTS) is 1. The number of thiazole rings is 1. The number of hydrogen-bond acceptors (Lipinski definition) is 9. The second kappa shape index (κ2) is 8.93. The van der Waals surface area contributed by atoms with Crippen LogP contribution in [0.5, 0.6) is 11.5 Å². The lowest BCUT2D eigenvalue weighted by molar-refractivity contribution is -0.138. The number of fused-ring (bicyclic) bond motifs is 1. The number of aromatic nitrogens is 5. The monoisotopic (exact) mass is 474 g/mol. The van der Waals surface area contributed by atoms with Gasteiger partial charge in [0.25, 0.3) is 0 Å². The fourth-order valence-corrected chi connectivity index (χ4v) is 5.20. The highest BCUT2D eigenvalue weighted by Gasteiger charge is 2.40. The molecule has 2 aliphatic rings. The molecule has 0 radical (unpaired) electrons. The molecule has 0 amide bonds. The van der Waals surface area contributed by atoms with Gasteiger partial charge in [0.1, 0.15) is 30.4 Å². The van der Waals surface area contributed by atoms with Crippen molar-refractivity contribution < 1.29 is 23.8 Å². The number of piperidine rings is 1. The van der Waals surface area contributed by atoms with Crippen LogP contribution in [-0.2, 0) is 17.8 Å². The molecule has 1 spiro atoms. The molecule has 2 aliphatic heterocycles. The normalized spacial score (nSPS) is 16.9. The highest BCUT2D eigenvalue weighted by molar-refractivity contribution is 7.18. The van der Waals surface area contributed by atoms with Crippen molar-refractivity contribution in [1.29, 1.82) is 0 Å². The Kier molecular flexibility index (Phi) is 5.83. The quantitative estimate of drug-likeness (QED) is 0.552. The van der Waals surface area contributed by atoms with E-state index in [9.17, 15) is 9.18 Å². The average Bonchev–Trinajstić information content (AvgIpc) is 3.47. The summed E-state index contributed by atoms with van der Waals surface area (Å²) in [4.78, 5) is 19.3. The molecule has 1 aromatic carbocycles. The lowest BCUT2D eigenvalue weighted by Gasteiger charge is -2.44. The summed E-state index contributed by atoms with van der Waals surface area (Å²) in [5.74, 6) is 0.883. The number of benzene rings is 1. The molecule has 1 N–H and O–H groups in total. The van der Waals surface area contributed by atoms with Crippen molar-refractivity contribution in [3.8, 4) is 22.2 Å². The van der Waals surface area contributed by atoms with Crippen LogP contribution in [0.15, 0.2) is 24.4 Å². The molecule has 174 valence electrons. The van der Waals surface area contributed by atoms with Gasteiger partial charge in [-0.2, -0.15) is 4.80 Å². The van der Waals surface area contributed by atoms with Gasteiger partial charge in [0.05, 0.1) is 11.1 Å². The highest BCUT2D eigenvalue weighted by atomic mass is 32.1. The van der Waals surface area contributed by atoms with Crippen LogP contribution in [0.1, 0.15) is 24.8 Å². The van der Waals surface area contributed by atoms with Gasteiger partial charge in [0.15, 0.2) is 11.7 Å². The average molecular weight is 475 g/mol. The number of carboxylic acids is 1. The first-order valence-electron chi connectivity index (χ1n) is 10.8. The highest BCUT2D eigenvalue weighted by Crippen LogP contribution is 2.43. The van der Waals surface area contributed by atoms with E-state index in [1.54, 1.807) is 6.20 Å². The molecule has 1 fully saturated rings. The topological polar surface area (TPSA) is 115 Å². The van der Waals surface area contributed by atoms with Gasteiger partial charge in [0.2, 0.25) is 5.82 Å². The van der Waals surface area contributed by atoms with Gasteiger partial charge in [-0.05, 0) is 30.2 Å². The molecule has 4 heterocycles. The summed E-state index contributed by atoms with van der Waals surface area (Å²) in [6, 6.07) is 5.72. The number of halogens is 1. The minimum Gasteiger partial charge on any atom is -0.490 e. The predicted molar refractivity (Wildman–Crippen MR) is 118 cm³/mol. The fourth-order valence-electron chi connectivity index (χ4n) is 4.31. The van der Waals surface area contributed by atoms with E-state index in [0.29, 0.717) is 11.6 Å². The molecule has 3 aromatic rings. The first-order chi connectivity index (χ1) is 16.0. The summed E-state index contributed by atoms with van der Waals surface area (Å²) in [6.07, 6.45) is 5.16. The zero-order chi connectivity index (χ0) is 22.8. The number of carbonyl (C=O) groups is 1. The molecule has 0 bridgehead atoms. The number of hydrogen-bond donors (Lipinski definition) is 1. The minimum absolute atomic E-state index is 0.0533. The van der Waals surface area contributed by atoms with Gasteiger partial charge in [-0.3, -0.25) is 4.79 Å². The lowest BCUT2D eigenvalue weighted by atomic mass is 9.83. The van der Waals surface area contributed by atoms with Crippen molar-refractivity contribution >= 4 is 22.4 Å². The summed E-state index contributed by atoms with van der Waals surface area (Å²) in [5, 5.41) is 21.5. The first kappa shape index (κ1) is 21.6. The largest absolute Gasteiger partial charge is 0.490 e. The molecule has 0 aliphatic carbocycles. The molecule has 2 aromatic heterocycles. The van der Waals surface area contributed by atoms with Crippen LogP contribution in [0.3, 0.4) is 0 Å². The number of tetrazole rings is 1. The summed E-state index contributed by atoms with van der Waals surface area (Å²) in [7, 11) is 0. The Balaban J connectivity index is 1.23. The molecular weight excluding hydrogens is 451 g/mol. The maximum absolute atomic E-state index is 12.5. The van der Waals surface area contributed by atoms with Crippen molar-refractivity contribution in [2.75, 3.05) is 31.3 Å². The molecular formula is C21H23FN6O4S. The third kappa shape index (κ3) is 4.47. The molecule has 0 saturated carbocycles. The van der Waals surface area contributed by atoms with Crippen molar-refractivity contribution in [2.45, 2.75) is 37.8 Å². The zero-order valence-electron chi connectivity index (χ0n) is 17.8. The predicted octanol–water partition coefficient (Wildman–Crippen LogP) is 2.59. The van der Waals surface area contributed by atoms with E-state index in [1.807, 2.05) is 18.2 Å². The lowest BCUT2D eigenvalue weighted by Crippen LogP contribution is -2.49. The number of anilines is 1. The SMILES string of the molecule is O=C(O)Cn1nnc(-c2cnc(N3CCC4(CCc5c(OCCF)cccc5O4)CC3)s2)n1. The van der Waals surface area contributed by atoms with E-state index >= 15 is 0 Å². The van der Waals surface area contributed by atoms with Crippen molar-refractivity contribution in [3.05, 3.63) is 30.0 Å². The Bertz CT molecular complexity index is 1140. The number of aliphatic carboxylic acids is 1. The second-order valence-corrected chi connectivity index (χ2v) is 9.10. The third-order valence-electron chi connectivity index (χ3n) is 5.97. The summed E-state index contributed by atoms with van der Waals surface area (Å²) < 4.78 is 24.5. The van der Waals surface area contributed by atoms with Crippen LogP contribution in [0, 0.1) is 0 Å².